The molecule has 1 unspecified atom stereocenters. The maximum atomic E-state index is 12.4. The lowest BCUT2D eigenvalue weighted by Gasteiger charge is -2.37. The van der Waals surface area contributed by atoms with Crippen LogP contribution in [-0.4, -0.2) is 36.5 Å². The average molecular weight is 252 g/mol. The number of nitrogens with one attached hydrogen (secondary N) is 1. The minimum absolute atomic E-state index is 0.0904. The molecule has 0 aromatic heterocycles. The summed E-state index contributed by atoms with van der Waals surface area (Å²) in [5, 5.41) is 3.37. The van der Waals surface area contributed by atoms with Gasteiger partial charge in [-0.1, -0.05) is 19.8 Å². The van der Waals surface area contributed by atoms with Crippen LogP contribution < -0.4 is 5.32 Å². The molecule has 1 heterocycles. The topological polar surface area (TPSA) is 32.3 Å². The van der Waals surface area contributed by atoms with Gasteiger partial charge in [-0.15, -0.1) is 0 Å². The number of rotatable bonds is 3. The van der Waals surface area contributed by atoms with E-state index in [1.807, 2.05) is 11.9 Å². The number of piperidine rings is 1. The van der Waals surface area contributed by atoms with Crippen LogP contribution in [0.3, 0.4) is 0 Å². The highest BCUT2D eigenvalue weighted by Crippen LogP contribution is 2.29. The van der Waals surface area contributed by atoms with E-state index in [1.54, 1.807) is 0 Å². The van der Waals surface area contributed by atoms with E-state index in [0.29, 0.717) is 11.9 Å². The molecule has 2 rings (SSSR count). The first-order chi connectivity index (χ1) is 8.72. The molecule has 18 heavy (non-hydrogen) atoms. The normalized spacial score (nSPS) is 33.1. The summed E-state index contributed by atoms with van der Waals surface area (Å²) < 4.78 is 0. The molecule has 0 spiro atoms. The SMILES string of the molecule is CCC1CCC(N(C)C(=O)C2CCCCN2)CC1. The van der Waals surface area contributed by atoms with Gasteiger partial charge in [-0.25, -0.2) is 0 Å². The maximum absolute atomic E-state index is 12.4. The third-order valence-corrected chi connectivity index (χ3v) is 4.90. The number of hydrogen-bond donors (Lipinski definition) is 1. The molecule has 0 bridgehead atoms. The molecule has 3 heteroatoms. The molecular formula is C15H28N2O. The van der Waals surface area contributed by atoms with Gasteiger partial charge in [-0.05, 0) is 51.0 Å². The summed E-state index contributed by atoms with van der Waals surface area (Å²) in [6.07, 6.45) is 9.74. The van der Waals surface area contributed by atoms with Gasteiger partial charge < -0.3 is 10.2 Å². The molecule has 2 aliphatic rings. The zero-order valence-electron chi connectivity index (χ0n) is 12.0. The largest absolute Gasteiger partial charge is 0.341 e. The summed E-state index contributed by atoms with van der Waals surface area (Å²) in [5.41, 5.74) is 0. The van der Waals surface area contributed by atoms with E-state index in [9.17, 15) is 4.79 Å². The Morgan fingerprint density at radius 1 is 1.17 bits per heavy atom. The first kappa shape index (κ1) is 13.9. The van der Waals surface area contributed by atoms with E-state index in [2.05, 4.69) is 12.2 Å². The van der Waals surface area contributed by atoms with Crippen LogP contribution in [0.2, 0.25) is 0 Å². The average Bonchev–Trinajstić information content (AvgIpc) is 2.47. The van der Waals surface area contributed by atoms with Crippen LogP contribution in [0.4, 0.5) is 0 Å². The summed E-state index contributed by atoms with van der Waals surface area (Å²) in [7, 11) is 2.01. The van der Waals surface area contributed by atoms with Gasteiger partial charge in [0.25, 0.3) is 0 Å². The van der Waals surface area contributed by atoms with E-state index in [0.717, 1.165) is 18.9 Å². The predicted molar refractivity (Wildman–Crippen MR) is 74.4 cm³/mol. The molecule has 1 aliphatic heterocycles. The molecule has 1 amide bonds. The Morgan fingerprint density at radius 3 is 2.44 bits per heavy atom. The van der Waals surface area contributed by atoms with Crippen LogP contribution in [0.15, 0.2) is 0 Å². The molecule has 0 aromatic rings. The highest BCUT2D eigenvalue weighted by Gasteiger charge is 2.30. The smallest absolute Gasteiger partial charge is 0.239 e. The van der Waals surface area contributed by atoms with Crippen molar-refractivity contribution in [2.24, 2.45) is 5.92 Å². The van der Waals surface area contributed by atoms with E-state index >= 15 is 0 Å². The van der Waals surface area contributed by atoms with Gasteiger partial charge >= 0.3 is 0 Å². The number of carbonyl (C=O) groups excluding carboxylic acids is 1. The molecule has 1 atom stereocenters. The van der Waals surface area contributed by atoms with Crippen LogP contribution in [0.25, 0.3) is 0 Å². The summed E-state index contributed by atoms with van der Waals surface area (Å²) in [6.45, 7) is 3.29. The molecule has 0 aromatic carbocycles. The fourth-order valence-corrected chi connectivity index (χ4v) is 3.43. The zero-order valence-corrected chi connectivity index (χ0v) is 12.0. The van der Waals surface area contributed by atoms with Crippen molar-refractivity contribution in [1.29, 1.82) is 0 Å². The van der Waals surface area contributed by atoms with E-state index < -0.39 is 0 Å². The molecule has 1 N–H and O–H groups in total. The molecule has 1 saturated heterocycles. The van der Waals surface area contributed by atoms with Crippen molar-refractivity contribution in [2.75, 3.05) is 13.6 Å². The van der Waals surface area contributed by atoms with Crippen LogP contribution in [-0.2, 0) is 4.79 Å². The van der Waals surface area contributed by atoms with Crippen molar-refractivity contribution in [3.05, 3.63) is 0 Å². The van der Waals surface area contributed by atoms with Gasteiger partial charge in [0.2, 0.25) is 5.91 Å². The minimum Gasteiger partial charge on any atom is -0.341 e. The molecule has 3 nitrogen and oxygen atoms in total. The van der Waals surface area contributed by atoms with E-state index in [-0.39, 0.29) is 6.04 Å². The Morgan fingerprint density at radius 2 is 1.89 bits per heavy atom. The number of likely N-dealkylation sites (N-methyl/N-ethyl adjacent to an activating group) is 1. The summed E-state index contributed by atoms with van der Waals surface area (Å²) in [6, 6.07) is 0.580. The fourth-order valence-electron chi connectivity index (χ4n) is 3.43. The second-order valence-corrected chi connectivity index (χ2v) is 6.03. The maximum Gasteiger partial charge on any atom is 0.239 e. The van der Waals surface area contributed by atoms with Gasteiger partial charge in [0, 0.05) is 13.1 Å². The highest BCUT2D eigenvalue weighted by molar-refractivity contribution is 5.82. The Hall–Kier alpha value is -0.570. The standard InChI is InChI=1S/C15H28N2O/c1-3-12-7-9-13(10-8-12)17(2)15(18)14-6-4-5-11-16-14/h12-14,16H,3-11H2,1-2H3. The lowest BCUT2D eigenvalue weighted by molar-refractivity contribution is -0.135. The van der Waals surface area contributed by atoms with Gasteiger partial charge in [0.05, 0.1) is 6.04 Å². The Balaban J connectivity index is 1.83. The number of nitrogens with zero attached hydrogens (tertiary/aromatic N) is 1. The van der Waals surface area contributed by atoms with Gasteiger partial charge in [-0.2, -0.15) is 0 Å². The van der Waals surface area contributed by atoms with Crippen LogP contribution in [0.1, 0.15) is 58.3 Å². The molecular weight excluding hydrogens is 224 g/mol. The number of hydrogen-bond acceptors (Lipinski definition) is 2. The van der Waals surface area contributed by atoms with Crippen LogP contribution >= 0.6 is 0 Å². The number of amides is 1. The van der Waals surface area contributed by atoms with Crippen LogP contribution in [0, 0.1) is 5.92 Å². The summed E-state index contributed by atoms with van der Waals surface area (Å²) in [4.78, 5) is 14.4. The van der Waals surface area contributed by atoms with Crippen molar-refractivity contribution in [2.45, 2.75) is 70.4 Å². The second-order valence-electron chi connectivity index (χ2n) is 6.03. The van der Waals surface area contributed by atoms with Crippen molar-refractivity contribution in [3.8, 4) is 0 Å². The first-order valence-electron chi connectivity index (χ1n) is 7.72. The van der Waals surface area contributed by atoms with Crippen molar-refractivity contribution < 1.29 is 4.79 Å². The van der Waals surface area contributed by atoms with Crippen LogP contribution in [0.5, 0.6) is 0 Å². The summed E-state index contributed by atoms with van der Waals surface area (Å²) in [5.74, 6) is 1.23. The van der Waals surface area contributed by atoms with E-state index in [4.69, 9.17) is 0 Å². The van der Waals surface area contributed by atoms with Gasteiger partial charge in [-0.3, -0.25) is 4.79 Å². The third kappa shape index (κ3) is 3.25. The fraction of sp³-hybridized carbons (Fsp3) is 0.933. The predicted octanol–water partition coefficient (Wildman–Crippen LogP) is 2.56. The summed E-state index contributed by atoms with van der Waals surface area (Å²) >= 11 is 0. The first-order valence-corrected chi connectivity index (χ1v) is 7.72. The molecule has 1 aliphatic carbocycles. The van der Waals surface area contributed by atoms with E-state index in [1.165, 1.54) is 44.9 Å². The van der Waals surface area contributed by atoms with Gasteiger partial charge in [0.1, 0.15) is 0 Å². The lowest BCUT2D eigenvalue weighted by Crippen LogP contribution is -2.51. The molecule has 1 saturated carbocycles. The molecule has 104 valence electrons. The minimum atomic E-state index is 0.0904. The molecule has 0 radical (unpaired) electrons. The van der Waals surface area contributed by atoms with Crippen molar-refractivity contribution >= 4 is 5.91 Å². The third-order valence-electron chi connectivity index (χ3n) is 4.90. The Kier molecular flexibility index (Phi) is 5.04. The number of carbonyl (C=O) groups is 1. The van der Waals surface area contributed by atoms with Gasteiger partial charge in [0.15, 0.2) is 0 Å². The monoisotopic (exact) mass is 252 g/mol. The quantitative estimate of drug-likeness (QED) is 0.837. The van der Waals surface area contributed by atoms with Crippen molar-refractivity contribution in [3.63, 3.8) is 0 Å². The van der Waals surface area contributed by atoms with Crippen molar-refractivity contribution in [1.82, 2.24) is 10.2 Å². The second kappa shape index (κ2) is 6.55. The Bertz CT molecular complexity index is 266. The Labute approximate surface area is 111 Å². The zero-order chi connectivity index (χ0) is 13.0. The highest BCUT2D eigenvalue weighted by atomic mass is 16.2. The molecule has 2 fully saturated rings. The lowest BCUT2D eigenvalue weighted by atomic mass is 9.84.